The Morgan fingerprint density at radius 2 is 1.91 bits per heavy atom. The van der Waals surface area contributed by atoms with E-state index >= 15 is 0 Å². The molecule has 8 heteroatoms. The summed E-state index contributed by atoms with van der Waals surface area (Å²) in [4.78, 5) is 12.2. The van der Waals surface area contributed by atoms with Crippen molar-refractivity contribution in [3.05, 3.63) is 28.7 Å². The summed E-state index contributed by atoms with van der Waals surface area (Å²) < 4.78 is 30.2. The first-order valence-electron chi connectivity index (χ1n) is 7.66. The molecule has 1 aliphatic heterocycles. The second-order valence-electron chi connectivity index (χ2n) is 6.13. The lowest BCUT2D eigenvalue weighted by Gasteiger charge is -2.17. The fourth-order valence-corrected chi connectivity index (χ4v) is 4.82. The second kappa shape index (κ2) is 5.77. The highest BCUT2D eigenvalue weighted by Crippen LogP contribution is 2.26. The maximum atomic E-state index is 12.8. The molecular formula is C15H22N4O3S. The zero-order valence-corrected chi connectivity index (χ0v) is 14.4. The molecule has 0 spiro atoms. The molecule has 3 rings (SSSR count). The van der Waals surface area contributed by atoms with Gasteiger partial charge in [-0.05, 0) is 44.1 Å². The zero-order valence-electron chi connectivity index (χ0n) is 13.6. The van der Waals surface area contributed by atoms with E-state index in [-0.39, 0.29) is 10.6 Å². The number of sulfonamides is 1. The van der Waals surface area contributed by atoms with Crippen LogP contribution in [0.25, 0.3) is 11.0 Å². The first-order valence-corrected chi connectivity index (χ1v) is 9.10. The number of benzene rings is 1. The molecule has 0 radical (unpaired) electrons. The van der Waals surface area contributed by atoms with Crippen LogP contribution in [-0.4, -0.2) is 48.5 Å². The first kappa shape index (κ1) is 16.2. The SMILES string of the molecule is CNCC1CCN(S(=O)(=O)c2ccc3c(c2)n(C)c(=O)n3C)C1. The second-order valence-corrected chi connectivity index (χ2v) is 8.06. The molecule has 23 heavy (non-hydrogen) atoms. The van der Waals surface area contributed by atoms with Crippen molar-refractivity contribution in [2.45, 2.75) is 11.3 Å². The van der Waals surface area contributed by atoms with Crippen molar-refractivity contribution in [2.24, 2.45) is 20.0 Å². The van der Waals surface area contributed by atoms with Crippen LogP contribution in [0.2, 0.25) is 0 Å². The van der Waals surface area contributed by atoms with Gasteiger partial charge in [0.05, 0.1) is 15.9 Å². The molecule has 1 fully saturated rings. The van der Waals surface area contributed by atoms with Crippen LogP contribution >= 0.6 is 0 Å². The van der Waals surface area contributed by atoms with Crippen molar-refractivity contribution < 1.29 is 8.42 Å². The number of imidazole rings is 1. The van der Waals surface area contributed by atoms with Crippen molar-refractivity contribution in [2.75, 3.05) is 26.7 Å². The summed E-state index contributed by atoms with van der Waals surface area (Å²) in [6.07, 6.45) is 0.867. The van der Waals surface area contributed by atoms with E-state index in [9.17, 15) is 13.2 Å². The molecule has 1 N–H and O–H groups in total. The van der Waals surface area contributed by atoms with Gasteiger partial charge in [-0.15, -0.1) is 0 Å². The maximum absolute atomic E-state index is 12.8. The molecule has 1 saturated heterocycles. The summed E-state index contributed by atoms with van der Waals surface area (Å²) in [5, 5.41) is 3.10. The molecule has 1 aromatic heterocycles. The van der Waals surface area contributed by atoms with Crippen LogP contribution < -0.4 is 11.0 Å². The molecule has 0 saturated carbocycles. The van der Waals surface area contributed by atoms with Crippen LogP contribution in [0.1, 0.15) is 6.42 Å². The largest absolute Gasteiger partial charge is 0.328 e. The summed E-state index contributed by atoms with van der Waals surface area (Å²) in [7, 11) is 1.69. The zero-order chi connectivity index (χ0) is 16.8. The van der Waals surface area contributed by atoms with Gasteiger partial charge in [-0.3, -0.25) is 9.13 Å². The molecule has 1 aromatic carbocycles. The third-order valence-corrected chi connectivity index (χ3v) is 6.48. The van der Waals surface area contributed by atoms with Gasteiger partial charge in [-0.25, -0.2) is 13.2 Å². The van der Waals surface area contributed by atoms with Gasteiger partial charge in [0.2, 0.25) is 10.0 Å². The lowest BCUT2D eigenvalue weighted by molar-refractivity contribution is 0.451. The third kappa shape index (κ3) is 2.60. The number of fused-ring (bicyclic) bond motifs is 1. The number of hydrogen-bond acceptors (Lipinski definition) is 4. The fourth-order valence-electron chi connectivity index (χ4n) is 3.27. The molecule has 0 aliphatic carbocycles. The van der Waals surface area contributed by atoms with Crippen LogP contribution in [0.4, 0.5) is 0 Å². The lowest BCUT2D eigenvalue weighted by Crippen LogP contribution is -2.30. The summed E-state index contributed by atoms with van der Waals surface area (Å²) >= 11 is 0. The molecule has 0 bridgehead atoms. The number of nitrogens with zero attached hydrogens (tertiary/aromatic N) is 3. The molecule has 1 aliphatic rings. The molecular weight excluding hydrogens is 316 g/mol. The number of aromatic nitrogens is 2. The van der Waals surface area contributed by atoms with E-state index in [0.717, 1.165) is 18.5 Å². The van der Waals surface area contributed by atoms with E-state index in [1.54, 1.807) is 32.3 Å². The van der Waals surface area contributed by atoms with Crippen molar-refractivity contribution in [3.8, 4) is 0 Å². The first-order chi connectivity index (χ1) is 10.9. The molecule has 126 valence electrons. The van der Waals surface area contributed by atoms with Crippen molar-refractivity contribution in [1.29, 1.82) is 0 Å². The molecule has 7 nitrogen and oxygen atoms in total. The average molecular weight is 338 g/mol. The van der Waals surface area contributed by atoms with Crippen LogP contribution in [0.5, 0.6) is 0 Å². The van der Waals surface area contributed by atoms with Gasteiger partial charge < -0.3 is 5.32 Å². The van der Waals surface area contributed by atoms with Crippen LogP contribution in [-0.2, 0) is 24.1 Å². The third-order valence-electron chi connectivity index (χ3n) is 4.62. The predicted molar refractivity (Wildman–Crippen MR) is 89.0 cm³/mol. The Morgan fingerprint density at radius 3 is 2.61 bits per heavy atom. The van der Waals surface area contributed by atoms with Gasteiger partial charge >= 0.3 is 5.69 Å². The highest BCUT2D eigenvalue weighted by Gasteiger charge is 2.32. The summed E-state index contributed by atoms with van der Waals surface area (Å²) in [5.41, 5.74) is 1.19. The standard InChI is InChI=1S/C15H22N4O3S/c1-16-9-11-6-7-19(10-11)23(21,22)12-4-5-13-14(8-12)18(3)15(20)17(13)2/h4-5,8,11,16H,6-7,9-10H2,1-3H3. The topological polar surface area (TPSA) is 76.3 Å². The van der Waals surface area contributed by atoms with E-state index in [1.807, 2.05) is 7.05 Å². The van der Waals surface area contributed by atoms with Gasteiger partial charge in [0.15, 0.2) is 0 Å². The maximum Gasteiger partial charge on any atom is 0.328 e. The Labute approximate surface area is 135 Å². The Balaban J connectivity index is 1.99. The molecule has 1 atom stereocenters. The molecule has 2 aromatic rings. The fraction of sp³-hybridized carbons (Fsp3) is 0.533. The normalized spacial score (nSPS) is 19.7. The van der Waals surface area contributed by atoms with Crippen LogP contribution in [0, 0.1) is 5.92 Å². The minimum absolute atomic E-state index is 0.162. The molecule has 2 heterocycles. The van der Waals surface area contributed by atoms with E-state index in [2.05, 4.69) is 5.32 Å². The quantitative estimate of drug-likeness (QED) is 0.858. The van der Waals surface area contributed by atoms with Crippen LogP contribution in [0.15, 0.2) is 27.9 Å². The van der Waals surface area contributed by atoms with Crippen molar-refractivity contribution in [1.82, 2.24) is 18.8 Å². The number of nitrogens with one attached hydrogen (secondary N) is 1. The number of hydrogen-bond donors (Lipinski definition) is 1. The average Bonchev–Trinajstić information content (AvgIpc) is 3.08. The van der Waals surface area contributed by atoms with Gasteiger partial charge in [-0.1, -0.05) is 0 Å². The lowest BCUT2D eigenvalue weighted by atomic mass is 10.1. The number of rotatable bonds is 4. The van der Waals surface area contributed by atoms with Crippen molar-refractivity contribution >= 4 is 21.1 Å². The van der Waals surface area contributed by atoms with Gasteiger partial charge in [0.1, 0.15) is 0 Å². The Morgan fingerprint density at radius 1 is 1.22 bits per heavy atom. The van der Waals surface area contributed by atoms with E-state index in [1.165, 1.54) is 13.4 Å². The molecule has 1 unspecified atom stereocenters. The minimum atomic E-state index is -3.52. The Bertz CT molecular complexity index is 897. The minimum Gasteiger partial charge on any atom is -0.319 e. The monoisotopic (exact) mass is 338 g/mol. The summed E-state index contributed by atoms with van der Waals surface area (Å²) in [6.45, 7) is 1.90. The van der Waals surface area contributed by atoms with Crippen molar-refractivity contribution in [3.63, 3.8) is 0 Å². The number of aryl methyl sites for hydroxylation is 2. The Kier molecular flexibility index (Phi) is 4.07. The summed E-state index contributed by atoms with van der Waals surface area (Å²) in [6, 6.07) is 4.88. The van der Waals surface area contributed by atoms with Crippen LogP contribution in [0.3, 0.4) is 0 Å². The summed E-state index contributed by atoms with van der Waals surface area (Å²) in [5.74, 6) is 0.347. The highest BCUT2D eigenvalue weighted by molar-refractivity contribution is 7.89. The van der Waals surface area contributed by atoms with Gasteiger partial charge in [0, 0.05) is 27.2 Å². The van der Waals surface area contributed by atoms with Gasteiger partial charge in [-0.2, -0.15) is 4.31 Å². The smallest absolute Gasteiger partial charge is 0.319 e. The van der Waals surface area contributed by atoms with E-state index in [0.29, 0.717) is 24.5 Å². The van der Waals surface area contributed by atoms with E-state index in [4.69, 9.17) is 0 Å². The highest BCUT2D eigenvalue weighted by atomic mass is 32.2. The Hall–Kier alpha value is -1.64. The van der Waals surface area contributed by atoms with Gasteiger partial charge in [0.25, 0.3) is 0 Å². The molecule has 0 amide bonds. The predicted octanol–water partition coefficient (Wildman–Crippen LogP) is 0.107. The van der Waals surface area contributed by atoms with E-state index < -0.39 is 10.0 Å².